The molecule has 0 saturated heterocycles. The lowest BCUT2D eigenvalue weighted by Gasteiger charge is -1.97. The van der Waals surface area contributed by atoms with E-state index in [1.165, 1.54) is 29.1 Å². The number of nitrogens with zero attached hydrogens (tertiary/aromatic N) is 5. The van der Waals surface area contributed by atoms with Gasteiger partial charge in [0, 0.05) is 6.42 Å². The largest absolute Gasteiger partial charge is 0.368 e. The van der Waals surface area contributed by atoms with E-state index in [4.69, 9.17) is 5.73 Å². The van der Waals surface area contributed by atoms with E-state index in [1.54, 1.807) is 0 Å². The Morgan fingerprint density at radius 2 is 2.06 bits per heavy atom. The molecule has 2 heterocycles. The van der Waals surface area contributed by atoms with Gasteiger partial charge in [0.1, 0.15) is 0 Å². The maximum absolute atomic E-state index is 5.80. The van der Waals surface area contributed by atoms with Crippen LogP contribution in [0.2, 0.25) is 0 Å². The molecule has 92 valence electrons. The number of hydrogen-bond acceptors (Lipinski definition) is 6. The normalized spacial score (nSPS) is 11.2. The topological polar surface area (TPSA) is 82.0 Å². The molecular weight excluding hydrogens is 236 g/mol. The highest BCUT2D eigenvalue weighted by atomic mass is 32.2. The predicted molar refractivity (Wildman–Crippen MR) is 68.0 cm³/mol. The molecule has 0 spiro atoms. The second-order valence-corrected chi connectivity index (χ2v) is 4.54. The molecule has 0 unspecified atom stereocenters. The molecule has 0 atom stereocenters. The zero-order valence-corrected chi connectivity index (χ0v) is 10.9. The Kier molecular flexibility index (Phi) is 3.78. The van der Waals surface area contributed by atoms with Crippen molar-refractivity contribution in [2.75, 3.05) is 12.0 Å². The monoisotopic (exact) mass is 252 g/mol. The van der Waals surface area contributed by atoms with E-state index < -0.39 is 0 Å². The highest BCUT2D eigenvalue weighted by molar-refractivity contribution is 7.98. The van der Waals surface area contributed by atoms with E-state index in [9.17, 15) is 0 Å². The van der Waals surface area contributed by atoms with Gasteiger partial charge < -0.3 is 5.73 Å². The van der Waals surface area contributed by atoms with Crippen LogP contribution in [-0.2, 0) is 6.42 Å². The van der Waals surface area contributed by atoms with E-state index >= 15 is 0 Å². The number of nitrogen functional groups attached to an aromatic ring is 1. The number of anilines is 1. The molecule has 0 aromatic carbocycles. The summed E-state index contributed by atoms with van der Waals surface area (Å²) in [6.45, 7) is 2.17. The first-order valence-electron chi connectivity index (χ1n) is 5.67. The lowest BCUT2D eigenvalue weighted by Crippen LogP contribution is -2.05. The van der Waals surface area contributed by atoms with Gasteiger partial charge in [-0.1, -0.05) is 31.5 Å². The van der Waals surface area contributed by atoms with Crippen molar-refractivity contribution >= 4 is 23.5 Å². The number of nitrogens with two attached hydrogens (primary N) is 1. The van der Waals surface area contributed by atoms with Crippen LogP contribution < -0.4 is 5.73 Å². The average Bonchev–Trinajstić information content (AvgIpc) is 2.72. The first-order chi connectivity index (χ1) is 8.24. The van der Waals surface area contributed by atoms with Gasteiger partial charge in [-0.25, -0.2) is 0 Å². The van der Waals surface area contributed by atoms with Crippen LogP contribution in [0.5, 0.6) is 0 Å². The van der Waals surface area contributed by atoms with Crippen LogP contribution in [0, 0.1) is 0 Å². The number of aromatic nitrogens is 5. The quantitative estimate of drug-likeness (QED) is 0.642. The van der Waals surface area contributed by atoms with Crippen LogP contribution in [0.3, 0.4) is 0 Å². The number of aryl methyl sites for hydroxylation is 1. The highest BCUT2D eigenvalue weighted by Gasteiger charge is 2.09. The van der Waals surface area contributed by atoms with Crippen LogP contribution in [0.1, 0.15) is 32.0 Å². The average molecular weight is 252 g/mol. The molecule has 17 heavy (non-hydrogen) atoms. The van der Waals surface area contributed by atoms with E-state index in [0.717, 1.165) is 18.7 Å². The molecule has 2 N–H and O–H groups in total. The summed E-state index contributed by atoms with van der Waals surface area (Å²) in [5, 5.41) is 4.93. The molecule has 6 nitrogen and oxygen atoms in total. The van der Waals surface area contributed by atoms with Crippen molar-refractivity contribution < 1.29 is 0 Å². The summed E-state index contributed by atoms with van der Waals surface area (Å²) in [4.78, 5) is 12.7. The van der Waals surface area contributed by atoms with Crippen molar-refractivity contribution in [3.8, 4) is 0 Å². The molecule has 0 aliphatic heterocycles. The van der Waals surface area contributed by atoms with E-state index in [0.29, 0.717) is 16.9 Å². The highest BCUT2D eigenvalue weighted by Crippen LogP contribution is 2.12. The second-order valence-electron chi connectivity index (χ2n) is 3.77. The molecule has 2 aromatic heterocycles. The molecule has 0 bridgehead atoms. The van der Waals surface area contributed by atoms with Gasteiger partial charge >= 0.3 is 0 Å². The Balaban J connectivity index is 2.26. The molecule has 2 rings (SSSR count). The number of hydrogen-bond donors (Lipinski definition) is 1. The van der Waals surface area contributed by atoms with Gasteiger partial charge in [0.25, 0.3) is 5.78 Å². The van der Waals surface area contributed by atoms with Crippen LogP contribution in [0.4, 0.5) is 5.95 Å². The van der Waals surface area contributed by atoms with Crippen LogP contribution >= 0.6 is 11.8 Å². The maximum Gasteiger partial charge on any atom is 0.258 e. The zero-order chi connectivity index (χ0) is 12.3. The summed E-state index contributed by atoms with van der Waals surface area (Å²) in [7, 11) is 0. The summed E-state index contributed by atoms with van der Waals surface area (Å²) in [5.74, 6) is 1.67. The minimum atomic E-state index is 0.341. The predicted octanol–water partition coefficient (Wildman–Crippen LogP) is 1.56. The van der Waals surface area contributed by atoms with Crippen LogP contribution in [0.25, 0.3) is 5.78 Å². The third-order valence-electron chi connectivity index (χ3n) is 2.44. The SMILES string of the molecule is CCCCCc1nc2nc(SC)nc(N)n2n1. The van der Waals surface area contributed by atoms with E-state index in [-0.39, 0.29) is 0 Å². The lowest BCUT2D eigenvalue weighted by atomic mass is 10.2. The summed E-state index contributed by atoms with van der Waals surface area (Å²) < 4.78 is 1.50. The van der Waals surface area contributed by atoms with Crippen molar-refractivity contribution in [3.63, 3.8) is 0 Å². The fourth-order valence-corrected chi connectivity index (χ4v) is 1.92. The fourth-order valence-electron chi connectivity index (χ4n) is 1.56. The van der Waals surface area contributed by atoms with Crippen molar-refractivity contribution in [1.82, 2.24) is 24.6 Å². The van der Waals surface area contributed by atoms with Crippen molar-refractivity contribution in [3.05, 3.63) is 5.82 Å². The fraction of sp³-hybridized carbons (Fsp3) is 0.600. The maximum atomic E-state index is 5.80. The molecule has 0 amide bonds. The Hall–Kier alpha value is -1.37. The number of rotatable bonds is 5. The van der Waals surface area contributed by atoms with Gasteiger partial charge in [0.05, 0.1) is 0 Å². The van der Waals surface area contributed by atoms with Crippen molar-refractivity contribution in [2.45, 2.75) is 37.8 Å². The first-order valence-corrected chi connectivity index (χ1v) is 6.90. The van der Waals surface area contributed by atoms with Gasteiger partial charge in [0.15, 0.2) is 11.0 Å². The van der Waals surface area contributed by atoms with Crippen molar-refractivity contribution in [2.24, 2.45) is 0 Å². The summed E-state index contributed by atoms with van der Waals surface area (Å²) in [6.07, 6.45) is 6.24. The standard InChI is InChI=1S/C10H16N6S/c1-3-4-5-6-7-12-9-14-10(17-2)13-8(11)16(9)15-7/h3-6H2,1-2H3,(H2,11,12,13,14,15). The molecule has 2 aromatic rings. The molecule has 0 aliphatic rings. The van der Waals surface area contributed by atoms with Crippen LogP contribution in [0.15, 0.2) is 5.16 Å². The minimum Gasteiger partial charge on any atom is -0.368 e. The van der Waals surface area contributed by atoms with E-state index in [2.05, 4.69) is 27.0 Å². The van der Waals surface area contributed by atoms with Gasteiger partial charge in [-0.3, -0.25) is 0 Å². The smallest absolute Gasteiger partial charge is 0.258 e. The summed E-state index contributed by atoms with van der Waals surface area (Å²) in [5.41, 5.74) is 5.80. The molecule has 7 heteroatoms. The van der Waals surface area contributed by atoms with Crippen LogP contribution in [-0.4, -0.2) is 30.8 Å². The zero-order valence-electron chi connectivity index (χ0n) is 10.1. The molecule has 0 radical (unpaired) electrons. The second kappa shape index (κ2) is 5.31. The molecule has 0 saturated carbocycles. The van der Waals surface area contributed by atoms with Crippen molar-refractivity contribution in [1.29, 1.82) is 0 Å². The first kappa shape index (κ1) is 12.1. The third-order valence-corrected chi connectivity index (χ3v) is 2.99. The Morgan fingerprint density at radius 1 is 1.24 bits per heavy atom. The number of thioether (sulfide) groups is 1. The summed E-state index contributed by atoms with van der Waals surface area (Å²) in [6, 6.07) is 0. The molecule has 0 aliphatic carbocycles. The van der Waals surface area contributed by atoms with Gasteiger partial charge in [0.2, 0.25) is 5.95 Å². The van der Waals surface area contributed by atoms with Gasteiger partial charge in [-0.15, -0.1) is 5.10 Å². The van der Waals surface area contributed by atoms with E-state index in [1.807, 2.05) is 6.26 Å². The lowest BCUT2D eigenvalue weighted by molar-refractivity contribution is 0.692. The third kappa shape index (κ3) is 2.66. The van der Waals surface area contributed by atoms with Gasteiger partial charge in [-0.05, 0) is 12.7 Å². The molecular formula is C10H16N6S. The molecule has 0 fully saturated rings. The Bertz CT molecular complexity index is 509. The number of unbranched alkanes of at least 4 members (excludes halogenated alkanes) is 2. The Labute approximate surface area is 104 Å². The minimum absolute atomic E-state index is 0.341. The Morgan fingerprint density at radius 3 is 2.76 bits per heavy atom. The summed E-state index contributed by atoms with van der Waals surface area (Å²) >= 11 is 1.45. The number of fused-ring (bicyclic) bond motifs is 1. The van der Waals surface area contributed by atoms with Gasteiger partial charge in [-0.2, -0.15) is 19.5 Å².